The maximum atomic E-state index is 11.7. The van der Waals surface area contributed by atoms with Crippen LogP contribution in [0.4, 0.5) is 0 Å². The summed E-state index contributed by atoms with van der Waals surface area (Å²) >= 11 is 0. The third kappa shape index (κ3) is 3.21. The molecule has 3 nitrogen and oxygen atoms in total. The average molecular weight is 227 g/mol. The van der Waals surface area contributed by atoms with Crippen LogP contribution in [0, 0.1) is 5.41 Å². The molecule has 0 spiro atoms. The van der Waals surface area contributed by atoms with Gasteiger partial charge in [-0.05, 0) is 31.6 Å². The third-order valence-corrected chi connectivity index (χ3v) is 3.64. The van der Waals surface area contributed by atoms with Crippen molar-refractivity contribution < 1.29 is 9.53 Å². The van der Waals surface area contributed by atoms with Gasteiger partial charge in [0.25, 0.3) is 0 Å². The highest BCUT2D eigenvalue weighted by Gasteiger charge is 2.36. The van der Waals surface area contributed by atoms with Gasteiger partial charge in [-0.25, -0.2) is 0 Å². The van der Waals surface area contributed by atoms with Gasteiger partial charge < -0.3 is 10.1 Å². The number of ether oxygens (including phenoxy) is 1. The van der Waals surface area contributed by atoms with Crippen molar-refractivity contribution in [1.29, 1.82) is 0 Å². The number of nitrogens with one attached hydrogen (secondary N) is 1. The largest absolute Gasteiger partial charge is 0.465 e. The number of hydrogen-bond acceptors (Lipinski definition) is 3. The van der Waals surface area contributed by atoms with E-state index in [4.69, 9.17) is 4.74 Å². The van der Waals surface area contributed by atoms with Crippen LogP contribution in [0.25, 0.3) is 0 Å². The third-order valence-electron chi connectivity index (χ3n) is 3.64. The first kappa shape index (κ1) is 13.5. The van der Waals surface area contributed by atoms with E-state index in [0.717, 1.165) is 6.42 Å². The Balaban J connectivity index is 2.53. The van der Waals surface area contributed by atoms with Crippen molar-refractivity contribution in [3.63, 3.8) is 0 Å². The van der Waals surface area contributed by atoms with E-state index in [1.54, 1.807) is 0 Å². The van der Waals surface area contributed by atoms with Crippen molar-refractivity contribution in [2.24, 2.45) is 5.41 Å². The van der Waals surface area contributed by atoms with Crippen LogP contribution < -0.4 is 5.32 Å². The summed E-state index contributed by atoms with van der Waals surface area (Å²) in [6.07, 6.45) is 4.46. The topological polar surface area (TPSA) is 38.3 Å². The van der Waals surface area contributed by atoms with Gasteiger partial charge in [0.05, 0.1) is 6.61 Å². The molecule has 2 atom stereocenters. The molecule has 1 fully saturated rings. The zero-order chi connectivity index (χ0) is 12.2. The lowest BCUT2D eigenvalue weighted by atomic mass is 9.87. The fourth-order valence-corrected chi connectivity index (χ4v) is 2.47. The Bertz CT molecular complexity index is 238. The second kappa shape index (κ2) is 5.67. The molecular formula is C13H25NO2. The molecule has 1 aliphatic carbocycles. The zero-order valence-electron chi connectivity index (χ0n) is 11.0. The second-order valence-electron chi connectivity index (χ2n) is 5.31. The summed E-state index contributed by atoms with van der Waals surface area (Å²) in [5.74, 6) is -0.104. The van der Waals surface area contributed by atoms with Gasteiger partial charge in [0.2, 0.25) is 0 Å². The fraction of sp³-hybridized carbons (Fsp3) is 0.923. The van der Waals surface area contributed by atoms with Gasteiger partial charge in [-0.2, -0.15) is 0 Å². The lowest BCUT2D eigenvalue weighted by Crippen LogP contribution is -2.47. The van der Waals surface area contributed by atoms with Crippen molar-refractivity contribution in [2.45, 2.75) is 65.5 Å². The summed E-state index contributed by atoms with van der Waals surface area (Å²) in [6, 6.07) is 0.309. The molecule has 1 aliphatic rings. The van der Waals surface area contributed by atoms with Crippen LogP contribution in [0.2, 0.25) is 0 Å². The predicted octanol–water partition coefficient (Wildman–Crippen LogP) is 2.50. The Kier molecular flexibility index (Phi) is 4.78. The summed E-state index contributed by atoms with van der Waals surface area (Å²) in [4.78, 5) is 11.7. The summed E-state index contributed by atoms with van der Waals surface area (Å²) < 4.78 is 5.07. The van der Waals surface area contributed by atoms with E-state index in [2.05, 4.69) is 19.2 Å². The molecule has 1 rings (SSSR count). The molecule has 16 heavy (non-hydrogen) atoms. The van der Waals surface area contributed by atoms with Crippen LogP contribution in [-0.4, -0.2) is 24.7 Å². The maximum absolute atomic E-state index is 11.7. The van der Waals surface area contributed by atoms with Gasteiger partial charge in [0, 0.05) is 6.04 Å². The lowest BCUT2D eigenvalue weighted by molar-refractivity contribution is -0.146. The smallest absolute Gasteiger partial charge is 0.323 e. The summed E-state index contributed by atoms with van der Waals surface area (Å²) in [5.41, 5.74) is 0.305. The highest BCUT2D eigenvalue weighted by atomic mass is 16.5. The Hall–Kier alpha value is -0.570. The van der Waals surface area contributed by atoms with E-state index in [1.807, 2.05) is 13.8 Å². The molecule has 1 N–H and O–H groups in total. The molecule has 0 aliphatic heterocycles. The number of carbonyl (C=O) groups is 1. The minimum Gasteiger partial charge on any atom is -0.465 e. The highest BCUT2D eigenvalue weighted by Crippen LogP contribution is 2.37. The van der Waals surface area contributed by atoms with Crippen molar-refractivity contribution >= 4 is 5.97 Å². The zero-order valence-corrected chi connectivity index (χ0v) is 11.0. The number of esters is 1. The molecular weight excluding hydrogens is 202 g/mol. The van der Waals surface area contributed by atoms with Gasteiger partial charge in [0.1, 0.15) is 6.04 Å². The van der Waals surface area contributed by atoms with E-state index in [-0.39, 0.29) is 12.0 Å². The molecule has 0 saturated heterocycles. The Labute approximate surface area is 98.9 Å². The molecule has 0 bridgehead atoms. The van der Waals surface area contributed by atoms with Crippen LogP contribution in [0.1, 0.15) is 53.4 Å². The molecule has 0 radical (unpaired) electrons. The lowest BCUT2D eigenvalue weighted by Gasteiger charge is -2.30. The van der Waals surface area contributed by atoms with E-state index in [1.165, 1.54) is 19.3 Å². The van der Waals surface area contributed by atoms with Crippen LogP contribution in [0.15, 0.2) is 0 Å². The van der Waals surface area contributed by atoms with Crippen molar-refractivity contribution in [1.82, 2.24) is 5.32 Å². The Morgan fingerprint density at radius 1 is 1.50 bits per heavy atom. The second-order valence-corrected chi connectivity index (χ2v) is 5.31. The van der Waals surface area contributed by atoms with Crippen LogP contribution >= 0.6 is 0 Å². The molecule has 0 aromatic heterocycles. The minimum atomic E-state index is -0.137. The number of hydrogen-bond donors (Lipinski definition) is 1. The Morgan fingerprint density at radius 3 is 2.62 bits per heavy atom. The van der Waals surface area contributed by atoms with Crippen LogP contribution in [0.3, 0.4) is 0 Å². The standard InChI is InChI=1S/C13H25NO2/c1-5-10(12(15)16-6-2)14-11-8-7-9-13(11,3)4/h10-11,14H,5-9H2,1-4H3. The predicted molar refractivity (Wildman–Crippen MR) is 65.3 cm³/mol. The van der Waals surface area contributed by atoms with Gasteiger partial charge >= 0.3 is 5.97 Å². The van der Waals surface area contributed by atoms with E-state index >= 15 is 0 Å². The molecule has 0 amide bonds. The van der Waals surface area contributed by atoms with E-state index in [9.17, 15) is 4.79 Å². The Morgan fingerprint density at radius 2 is 2.19 bits per heavy atom. The molecule has 2 unspecified atom stereocenters. The number of carbonyl (C=O) groups excluding carboxylic acids is 1. The molecule has 0 heterocycles. The van der Waals surface area contributed by atoms with Gasteiger partial charge in [-0.3, -0.25) is 4.79 Å². The molecule has 94 valence electrons. The van der Waals surface area contributed by atoms with Crippen LogP contribution in [0.5, 0.6) is 0 Å². The highest BCUT2D eigenvalue weighted by molar-refractivity contribution is 5.75. The van der Waals surface area contributed by atoms with Crippen molar-refractivity contribution in [3.8, 4) is 0 Å². The molecule has 0 aromatic rings. The first-order valence-electron chi connectivity index (χ1n) is 6.44. The van der Waals surface area contributed by atoms with Crippen molar-refractivity contribution in [3.05, 3.63) is 0 Å². The molecule has 3 heteroatoms. The van der Waals surface area contributed by atoms with Crippen molar-refractivity contribution in [2.75, 3.05) is 6.61 Å². The van der Waals surface area contributed by atoms with E-state index in [0.29, 0.717) is 18.1 Å². The van der Waals surface area contributed by atoms with Gasteiger partial charge in [0.15, 0.2) is 0 Å². The summed E-state index contributed by atoms with van der Waals surface area (Å²) in [7, 11) is 0. The first-order chi connectivity index (χ1) is 7.51. The average Bonchev–Trinajstić information content (AvgIpc) is 2.54. The summed E-state index contributed by atoms with van der Waals surface area (Å²) in [5, 5.41) is 3.47. The fourth-order valence-electron chi connectivity index (χ4n) is 2.47. The van der Waals surface area contributed by atoms with Gasteiger partial charge in [-0.15, -0.1) is 0 Å². The molecule has 0 aromatic carbocycles. The van der Waals surface area contributed by atoms with Crippen LogP contribution in [-0.2, 0) is 9.53 Å². The van der Waals surface area contributed by atoms with Gasteiger partial charge in [-0.1, -0.05) is 27.2 Å². The summed E-state index contributed by atoms with van der Waals surface area (Å²) in [6.45, 7) is 8.89. The maximum Gasteiger partial charge on any atom is 0.323 e. The van der Waals surface area contributed by atoms with E-state index < -0.39 is 0 Å². The normalized spacial score (nSPS) is 25.4. The number of rotatable bonds is 5. The quantitative estimate of drug-likeness (QED) is 0.733. The first-order valence-corrected chi connectivity index (χ1v) is 6.44. The molecule has 1 saturated carbocycles. The SMILES string of the molecule is CCOC(=O)C(CC)NC1CCCC1(C)C. The minimum absolute atomic E-state index is 0.104. The monoisotopic (exact) mass is 227 g/mol.